The van der Waals surface area contributed by atoms with Gasteiger partial charge in [-0.2, -0.15) is 0 Å². The molecule has 0 aliphatic carbocycles. The van der Waals surface area contributed by atoms with Gasteiger partial charge in [-0.05, 0) is 49.4 Å². The molecule has 2 amide bonds. The van der Waals surface area contributed by atoms with Gasteiger partial charge in [0.15, 0.2) is 0 Å². The van der Waals surface area contributed by atoms with Crippen molar-refractivity contribution in [2.45, 2.75) is 6.92 Å². The van der Waals surface area contributed by atoms with Gasteiger partial charge in [-0.15, -0.1) is 11.8 Å². The van der Waals surface area contributed by atoms with Crippen molar-refractivity contribution in [1.82, 2.24) is 0 Å². The zero-order valence-corrected chi connectivity index (χ0v) is 16.4. The van der Waals surface area contributed by atoms with Crippen molar-refractivity contribution in [3.8, 4) is 5.75 Å². The summed E-state index contributed by atoms with van der Waals surface area (Å²) in [6, 6.07) is 11.9. The van der Waals surface area contributed by atoms with E-state index in [2.05, 4.69) is 10.6 Å². The third kappa shape index (κ3) is 6.78. The molecule has 0 unspecified atom stereocenters. The van der Waals surface area contributed by atoms with Crippen LogP contribution in [-0.2, 0) is 9.59 Å². The summed E-state index contributed by atoms with van der Waals surface area (Å²) in [4.78, 5) is 23.8. The molecule has 0 atom stereocenters. The Bertz CT molecular complexity index is 770. The number of carbonyl (C=O) groups is 2. The molecule has 0 saturated carbocycles. The summed E-state index contributed by atoms with van der Waals surface area (Å²) in [7, 11) is 0. The predicted octanol–water partition coefficient (Wildman–Crippen LogP) is 4.70. The summed E-state index contributed by atoms with van der Waals surface area (Å²) in [6.07, 6.45) is 0. The molecule has 0 fully saturated rings. The summed E-state index contributed by atoms with van der Waals surface area (Å²) in [5.41, 5.74) is 1.16. The molecule has 0 saturated heterocycles. The summed E-state index contributed by atoms with van der Waals surface area (Å²) in [5.74, 6) is 0.618. The number of hydrogen-bond donors (Lipinski definition) is 2. The van der Waals surface area contributed by atoms with Crippen molar-refractivity contribution in [3.63, 3.8) is 0 Å². The van der Waals surface area contributed by atoms with Crippen LogP contribution in [0.3, 0.4) is 0 Å². The minimum atomic E-state index is -0.243. The van der Waals surface area contributed by atoms with E-state index >= 15 is 0 Å². The standard InChI is InChI=1S/C18H18Cl2N2O3S/c1-2-25-14-6-4-13(5-7-14)21-17(23)10-26-11-18(24)22-16-8-3-12(19)9-15(16)20/h3-9H,2,10-11H2,1H3,(H,21,23)(H,22,24). The van der Waals surface area contributed by atoms with Gasteiger partial charge in [0, 0.05) is 10.7 Å². The summed E-state index contributed by atoms with van der Waals surface area (Å²) in [6.45, 7) is 2.50. The van der Waals surface area contributed by atoms with Crippen LogP contribution >= 0.6 is 35.0 Å². The fraction of sp³-hybridized carbons (Fsp3) is 0.222. The Labute approximate surface area is 166 Å². The Morgan fingerprint density at radius 3 is 2.27 bits per heavy atom. The Kier molecular flexibility index (Phi) is 8.09. The van der Waals surface area contributed by atoms with E-state index in [-0.39, 0.29) is 23.3 Å². The third-order valence-electron chi connectivity index (χ3n) is 3.12. The topological polar surface area (TPSA) is 67.4 Å². The number of thioether (sulfide) groups is 1. The number of nitrogens with one attached hydrogen (secondary N) is 2. The van der Waals surface area contributed by atoms with Gasteiger partial charge in [-0.3, -0.25) is 9.59 Å². The van der Waals surface area contributed by atoms with Gasteiger partial charge in [-0.25, -0.2) is 0 Å². The normalized spacial score (nSPS) is 10.3. The largest absolute Gasteiger partial charge is 0.494 e. The van der Waals surface area contributed by atoms with Crippen molar-refractivity contribution in [2.75, 3.05) is 28.7 Å². The van der Waals surface area contributed by atoms with Crippen molar-refractivity contribution in [1.29, 1.82) is 0 Å². The minimum absolute atomic E-state index is 0.135. The number of anilines is 2. The number of amides is 2. The monoisotopic (exact) mass is 412 g/mol. The van der Waals surface area contributed by atoms with Gasteiger partial charge < -0.3 is 15.4 Å². The quantitative estimate of drug-likeness (QED) is 0.658. The fourth-order valence-electron chi connectivity index (χ4n) is 2.01. The molecule has 2 aromatic carbocycles. The molecule has 0 aliphatic heterocycles. The average Bonchev–Trinajstić information content (AvgIpc) is 2.59. The first-order chi connectivity index (χ1) is 12.5. The van der Waals surface area contributed by atoms with Crippen molar-refractivity contribution in [2.24, 2.45) is 0 Å². The Balaban J connectivity index is 1.72. The fourth-order valence-corrected chi connectivity index (χ4v) is 3.08. The maximum Gasteiger partial charge on any atom is 0.234 e. The molecule has 0 aliphatic rings. The molecule has 5 nitrogen and oxygen atoms in total. The highest BCUT2D eigenvalue weighted by Crippen LogP contribution is 2.25. The zero-order chi connectivity index (χ0) is 18.9. The second kappa shape index (κ2) is 10.3. The molecule has 0 heterocycles. The number of rotatable bonds is 8. The molecule has 2 N–H and O–H groups in total. The first kappa shape index (κ1) is 20.4. The second-order valence-electron chi connectivity index (χ2n) is 5.17. The smallest absolute Gasteiger partial charge is 0.234 e. The van der Waals surface area contributed by atoms with Crippen LogP contribution in [0.5, 0.6) is 5.75 Å². The minimum Gasteiger partial charge on any atom is -0.494 e. The zero-order valence-electron chi connectivity index (χ0n) is 14.1. The molecule has 0 radical (unpaired) electrons. The van der Waals surface area contributed by atoms with E-state index in [9.17, 15) is 9.59 Å². The molecule has 2 rings (SSSR count). The van der Waals surface area contributed by atoms with E-state index in [1.54, 1.807) is 42.5 Å². The highest BCUT2D eigenvalue weighted by molar-refractivity contribution is 8.00. The van der Waals surface area contributed by atoms with Crippen LogP contribution in [0.2, 0.25) is 10.0 Å². The van der Waals surface area contributed by atoms with Crippen molar-refractivity contribution in [3.05, 3.63) is 52.5 Å². The van der Waals surface area contributed by atoms with Crippen molar-refractivity contribution >= 4 is 58.2 Å². The second-order valence-corrected chi connectivity index (χ2v) is 7.00. The highest BCUT2D eigenvalue weighted by atomic mass is 35.5. The van der Waals surface area contributed by atoms with Gasteiger partial charge in [0.25, 0.3) is 0 Å². The van der Waals surface area contributed by atoms with Gasteiger partial charge in [0.2, 0.25) is 11.8 Å². The van der Waals surface area contributed by atoms with Crippen molar-refractivity contribution < 1.29 is 14.3 Å². The summed E-state index contributed by atoms with van der Waals surface area (Å²) in [5, 5.41) is 6.31. The first-order valence-electron chi connectivity index (χ1n) is 7.83. The third-order valence-corrected chi connectivity index (χ3v) is 4.60. The molecule has 0 aromatic heterocycles. The number of carbonyl (C=O) groups excluding carboxylic acids is 2. The SMILES string of the molecule is CCOc1ccc(NC(=O)CSCC(=O)Nc2ccc(Cl)cc2Cl)cc1. The van der Waals surface area contributed by atoms with Crippen LogP contribution in [0.15, 0.2) is 42.5 Å². The maximum absolute atomic E-state index is 11.9. The molecule has 26 heavy (non-hydrogen) atoms. The van der Waals surface area contributed by atoms with Gasteiger partial charge in [-0.1, -0.05) is 23.2 Å². The van der Waals surface area contributed by atoms with Gasteiger partial charge in [0.05, 0.1) is 28.8 Å². The highest BCUT2D eigenvalue weighted by Gasteiger charge is 2.09. The first-order valence-corrected chi connectivity index (χ1v) is 9.74. The number of hydrogen-bond acceptors (Lipinski definition) is 4. The van der Waals surface area contributed by atoms with E-state index < -0.39 is 0 Å². The molecular weight excluding hydrogens is 395 g/mol. The predicted molar refractivity (Wildman–Crippen MR) is 109 cm³/mol. The number of benzene rings is 2. The Hall–Kier alpha value is -1.89. The molecule has 2 aromatic rings. The lowest BCUT2D eigenvalue weighted by Crippen LogP contribution is -2.18. The van der Waals surface area contributed by atoms with Gasteiger partial charge >= 0.3 is 0 Å². The molecular formula is C18H18Cl2N2O3S. The van der Waals surface area contributed by atoms with Crippen LogP contribution in [0.4, 0.5) is 11.4 Å². The van der Waals surface area contributed by atoms with Gasteiger partial charge in [0.1, 0.15) is 5.75 Å². The summed E-state index contributed by atoms with van der Waals surface area (Å²) >= 11 is 13.0. The lowest BCUT2D eigenvalue weighted by molar-refractivity contribution is -0.114. The van der Waals surface area contributed by atoms with E-state index in [0.717, 1.165) is 5.75 Å². The maximum atomic E-state index is 11.9. The number of ether oxygens (including phenoxy) is 1. The van der Waals surface area contributed by atoms with E-state index in [1.165, 1.54) is 11.8 Å². The lowest BCUT2D eigenvalue weighted by Gasteiger charge is -2.08. The Morgan fingerprint density at radius 1 is 1.00 bits per heavy atom. The average molecular weight is 413 g/mol. The molecule has 0 bridgehead atoms. The van der Waals surface area contributed by atoms with Crippen LogP contribution in [0.1, 0.15) is 6.92 Å². The molecule has 0 spiro atoms. The Morgan fingerprint density at radius 2 is 1.65 bits per heavy atom. The van der Waals surface area contributed by atoms with Crippen LogP contribution in [0.25, 0.3) is 0 Å². The van der Waals surface area contributed by atoms with E-state index in [1.807, 2.05) is 6.92 Å². The molecule has 8 heteroatoms. The lowest BCUT2D eigenvalue weighted by atomic mass is 10.3. The van der Waals surface area contributed by atoms with E-state index in [0.29, 0.717) is 28.0 Å². The van der Waals surface area contributed by atoms with Crippen LogP contribution in [-0.4, -0.2) is 29.9 Å². The van der Waals surface area contributed by atoms with Crippen LogP contribution < -0.4 is 15.4 Å². The van der Waals surface area contributed by atoms with E-state index in [4.69, 9.17) is 27.9 Å². The molecule has 138 valence electrons. The number of halogens is 2. The van der Waals surface area contributed by atoms with Crippen LogP contribution in [0, 0.1) is 0 Å². The summed E-state index contributed by atoms with van der Waals surface area (Å²) < 4.78 is 5.34.